The summed E-state index contributed by atoms with van der Waals surface area (Å²) in [6.07, 6.45) is -5.48. The van der Waals surface area contributed by atoms with E-state index < -0.39 is 37.3 Å². The normalized spacial score (nSPS) is 39.9. The lowest BCUT2D eigenvalue weighted by atomic mass is 9.99. The van der Waals surface area contributed by atoms with Crippen LogP contribution in [0.1, 0.15) is 6.42 Å². The highest BCUT2D eigenvalue weighted by atomic mass is 16.7. The van der Waals surface area contributed by atoms with Crippen LogP contribution in [0, 0.1) is 0 Å². The Hall–Kier alpha value is -0.280. The number of hydrogen-bond acceptors (Lipinski definition) is 7. The summed E-state index contributed by atoms with van der Waals surface area (Å²) >= 11 is 0. The number of hydrogen-bond donors (Lipinski definition) is 5. The standard InChI is InChI=1S/C9H19NO6/c10-2-1-3-15-9-8(14)7(13)6(12)5(4-11)16-9/h5-9,11-14H,1-4,10H2/t5-,6-,7+,8-,9-/m1/s1. The Labute approximate surface area is 93.4 Å². The van der Waals surface area contributed by atoms with Crippen LogP contribution in [-0.4, -0.2) is 70.9 Å². The summed E-state index contributed by atoms with van der Waals surface area (Å²) in [5.74, 6) is 0. The SMILES string of the molecule is NCCCO[C@@H]1O[C@H](CO)[C@@H](O)[C@H](O)[C@H]1O. The molecule has 0 spiro atoms. The van der Waals surface area contributed by atoms with Crippen molar-refractivity contribution < 1.29 is 29.9 Å². The largest absolute Gasteiger partial charge is 0.394 e. The van der Waals surface area contributed by atoms with Crippen LogP contribution in [0.2, 0.25) is 0 Å². The smallest absolute Gasteiger partial charge is 0.186 e. The van der Waals surface area contributed by atoms with Crippen molar-refractivity contribution in [2.75, 3.05) is 19.8 Å². The summed E-state index contributed by atoms with van der Waals surface area (Å²) in [4.78, 5) is 0. The van der Waals surface area contributed by atoms with Crippen LogP contribution < -0.4 is 5.73 Å². The van der Waals surface area contributed by atoms with E-state index in [-0.39, 0.29) is 6.61 Å². The average Bonchev–Trinajstić information content (AvgIpc) is 2.29. The lowest BCUT2D eigenvalue weighted by molar-refractivity contribution is -0.301. The van der Waals surface area contributed by atoms with Gasteiger partial charge in [0.05, 0.1) is 13.2 Å². The molecule has 1 fully saturated rings. The number of nitrogens with two attached hydrogens (primary N) is 1. The molecule has 1 saturated heterocycles. The highest BCUT2D eigenvalue weighted by molar-refractivity contribution is 4.88. The maximum absolute atomic E-state index is 9.55. The monoisotopic (exact) mass is 237 g/mol. The molecule has 0 amide bonds. The van der Waals surface area contributed by atoms with E-state index in [2.05, 4.69) is 0 Å². The molecule has 16 heavy (non-hydrogen) atoms. The third-order valence-corrected chi connectivity index (χ3v) is 2.48. The second-order valence-electron chi connectivity index (χ2n) is 3.71. The molecule has 96 valence electrons. The summed E-state index contributed by atoms with van der Waals surface area (Å²) in [6.45, 7) is 0.262. The van der Waals surface area contributed by atoms with Gasteiger partial charge in [0.2, 0.25) is 0 Å². The number of rotatable bonds is 5. The first-order valence-electron chi connectivity index (χ1n) is 5.24. The molecule has 0 bridgehead atoms. The Balaban J connectivity index is 2.50. The highest BCUT2D eigenvalue weighted by Crippen LogP contribution is 2.21. The molecule has 7 nitrogen and oxygen atoms in total. The molecule has 1 aliphatic rings. The Kier molecular flexibility index (Phi) is 5.56. The van der Waals surface area contributed by atoms with Crippen molar-refractivity contribution in [3.63, 3.8) is 0 Å². The van der Waals surface area contributed by atoms with Gasteiger partial charge in [0, 0.05) is 0 Å². The van der Waals surface area contributed by atoms with Crippen molar-refractivity contribution >= 4 is 0 Å². The molecule has 0 aromatic heterocycles. The lowest BCUT2D eigenvalue weighted by Gasteiger charge is -2.39. The quantitative estimate of drug-likeness (QED) is 0.326. The van der Waals surface area contributed by atoms with Gasteiger partial charge in [-0.15, -0.1) is 0 Å². The molecule has 5 atom stereocenters. The van der Waals surface area contributed by atoms with Crippen molar-refractivity contribution in [1.29, 1.82) is 0 Å². The molecule has 0 aromatic carbocycles. The van der Waals surface area contributed by atoms with E-state index >= 15 is 0 Å². The molecule has 0 aromatic rings. The number of ether oxygens (including phenoxy) is 2. The summed E-state index contributed by atoms with van der Waals surface area (Å²) in [7, 11) is 0. The van der Waals surface area contributed by atoms with Gasteiger partial charge in [0.15, 0.2) is 6.29 Å². The van der Waals surface area contributed by atoms with Gasteiger partial charge in [-0.2, -0.15) is 0 Å². The Morgan fingerprint density at radius 2 is 1.81 bits per heavy atom. The van der Waals surface area contributed by atoms with Crippen molar-refractivity contribution in [3.05, 3.63) is 0 Å². The Morgan fingerprint density at radius 1 is 1.12 bits per heavy atom. The van der Waals surface area contributed by atoms with E-state index in [1.54, 1.807) is 0 Å². The fourth-order valence-corrected chi connectivity index (χ4v) is 1.49. The Morgan fingerprint density at radius 3 is 2.38 bits per heavy atom. The van der Waals surface area contributed by atoms with Gasteiger partial charge in [0.25, 0.3) is 0 Å². The van der Waals surface area contributed by atoms with Gasteiger partial charge in [-0.3, -0.25) is 0 Å². The third-order valence-electron chi connectivity index (χ3n) is 2.48. The number of aliphatic hydroxyl groups is 4. The van der Waals surface area contributed by atoms with Gasteiger partial charge in [-0.05, 0) is 13.0 Å². The van der Waals surface area contributed by atoms with Gasteiger partial charge in [-0.1, -0.05) is 0 Å². The minimum atomic E-state index is -1.39. The first kappa shape index (κ1) is 13.8. The lowest BCUT2D eigenvalue weighted by Crippen LogP contribution is -2.59. The van der Waals surface area contributed by atoms with E-state index in [1.807, 2.05) is 0 Å². The molecular formula is C9H19NO6. The predicted octanol–water partition coefficient (Wildman–Crippen LogP) is -2.85. The van der Waals surface area contributed by atoms with Crippen LogP contribution in [0.15, 0.2) is 0 Å². The van der Waals surface area contributed by atoms with Crippen LogP contribution >= 0.6 is 0 Å². The summed E-state index contributed by atoms with van der Waals surface area (Å²) in [5.41, 5.74) is 5.27. The minimum Gasteiger partial charge on any atom is -0.394 e. The molecule has 0 aliphatic carbocycles. The van der Waals surface area contributed by atoms with Gasteiger partial charge in [-0.25, -0.2) is 0 Å². The van der Waals surface area contributed by atoms with Gasteiger partial charge >= 0.3 is 0 Å². The number of aliphatic hydroxyl groups excluding tert-OH is 4. The average molecular weight is 237 g/mol. The van der Waals surface area contributed by atoms with Crippen molar-refractivity contribution in [2.24, 2.45) is 5.73 Å². The molecular weight excluding hydrogens is 218 g/mol. The predicted molar refractivity (Wildman–Crippen MR) is 53.4 cm³/mol. The maximum atomic E-state index is 9.55. The van der Waals surface area contributed by atoms with E-state index in [0.717, 1.165) is 0 Å². The maximum Gasteiger partial charge on any atom is 0.186 e. The van der Waals surface area contributed by atoms with E-state index in [0.29, 0.717) is 13.0 Å². The van der Waals surface area contributed by atoms with Crippen molar-refractivity contribution in [2.45, 2.75) is 37.1 Å². The first-order chi connectivity index (χ1) is 7.61. The fraction of sp³-hybridized carbons (Fsp3) is 1.00. The van der Waals surface area contributed by atoms with E-state index in [9.17, 15) is 15.3 Å². The van der Waals surface area contributed by atoms with Crippen LogP contribution in [0.5, 0.6) is 0 Å². The molecule has 0 radical (unpaired) electrons. The fourth-order valence-electron chi connectivity index (χ4n) is 1.49. The zero-order valence-electron chi connectivity index (χ0n) is 8.90. The summed E-state index contributed by atoms with van der Waals surface area (Å²) in [6, 6.07) is 0. The second kappa shape index (κ2) is 6.45. The molecule has 1 rings (SSSR count). The second-order valence-corrected chi connectivity index (χ2v) is 3.71. The van der Waals surface area contributed by atoms with E-state index in [4.69, 9.17) is 20.3 Å². The minimum absolute atomic E-state index is 0.277. The van der Waals surface area contributed by atoms with Gasteiger partial charge in [0.1, 0.15) is 24.4 Å². The first-order valence-corrected chi connectivity index (χ1v) is 5.24. The van der Waals surface area contributed by atoms with Crippen molar-refractivity contribution in [3.8, 4) is 0 Å². The zero-order chi connectivity index (χ0) is 12.1. The highest BCUT2D eigenvalue weighted by Gasteiger charge is 2.43. The molecule has 1 aliphatic heterocycles. The third kappa shape index (κ3) is 3.11. The van der Waals surface area contributed by atoms with E-state index in [1.165, 1.54) is 0 Å². The van der Waals surface area contributed by atoms with Crippen molar-refractivity contribution in [1.82, 2.24) is 0 Å². The molecule has 1 heterocycles. The topological polar surface area (TPSA) is 125 Å². The van der Waals surface area contributed by atoms with Crippen LogP contribution in [0.3, 0.4) is 0 Å². The summed E-state index contributed by atoms with van der Waals surface area (Å²) < 4.78 is 10.3. The zero-order valence-corrected chi connectivity index (χ0v) is 8.90. The summed E-state index contributed by atoms with van der Waals surface area (Å²) in [5, 5.41) is 37.4. The van der Waals surface area contributed by atoms with Crippen LogP contribution in [-0.2, 0) is 9.47 Å². The van der Waals surface area contributed by atoms with Gasteiger partial charge < -0.3 is 35.6 Å². The molecule has 0 saturated carbocycles. The van der Waals surface area contributed by atoms with Crippen LogP contribution in [0.25, 0.3) is 0 Å². The molecule has 0 unspecified atom stereocenters. The molecule has 7 heteroatoms. The Bertz CT molecular complexity index is 202. The van der Waals surface area contributed by atoms with Crippen LogP contribution in [0.4, 0.5) is 0 Å². The molecule has 6 N–H and O–H groups in total.